The number of hydrogen-bond donors (Lipinski definition) is 2. The minimum Gasteiger partial charge on any atom is -0.480 e. The molecule has 0 aromatic rings. The second-order valence-corrected chi connectivity index (χ2v) is 3.86. The van der Waals surface area contributed by atoms with Gasteiger partial charge in [0, 0.05) is 19.5 Å². The van der Waals surface area contributed by atoms with Crippen LogP contribution in [0.1, 0.15) is 19.8 Å². The van der Waals surface area contributed by atoms with E-state index in [4.69, 9.17) is 5.11 Å². The van der Waals surface area contributed by atoms with Crippen LogP contribution >= 0.6 is 0 Å². The Morgan fingerprint density at radius 1 is 1.56 bits per heavy atom. The van der Waals surface area contributed by atoms with Crippen molar-refractivity contribution in [1.29, 1.82) is 0 Å². The molecule has 1 rings (SSSR count). The average Bonchev–Trinajstić information content (AvgIpc) is 2.56. The first-order valence-corrected chi connectivity index (χ1v) is 5.31. The molecule has 2 amide bonds. The molecule has 6 nitrogen and oxygen atoms in total. The Morgan fingerprint density at radius 2 is 2.25 bits per heavy atom. The first-order chi connectivity index (χ1) is 7.54. The fourth-order valence-corrected chi connectivity index (χ4v) is 1.66. The lowest BCUT2D eigenvalue weighted by Crippen LogP contribution is -2.35. The number of nitrogens with zero attached hydrogens (tertiary/aromatic N) is 1. The fraction of sp³-hybridized carbons (Fsp3) is 0.700. The van der Waals surface area contributed by atoms with Crippen LogP contribution in [0.25, 0.3) is 0 Å². The van der Waals surface area contributed by atoms with Gasteiger partial charge in [-0.15, -0.1) is 0 Å². The highest BCUT2D eigenvalue weighted by atomic mass is 16.4. The number of carboxylic acid groups (broad SMARTS) is 1. The van der Waals surface area contributed by atoms with Gasteiger partial charge in [-0.1, -0.05) is 6.92 Å². The SMILES string of the molecule is CCCNC(=O)C1CC(=O)N(CC(=O)O)C1. The van der Waals surface area contributed by atoms with E-state index in [1.807, 2.05) is 6.92 Å². The summed E-state index contributed by atoms with van der Waals surface area (Å²) in [4.78, 5) is 34.6. The zero-order valence-corrected chi connectivity index (χ0v) is 9.23. The van der Waals surface area contributed by atoms with Crippen molar-refractivity contribution < 1.29 is 19.5 Å². The predicted molar refractivity (Wildman–Crippen MR) is 55.6 cm³/mol. The number of nitrogens with one attached hydrogen (secondary N) is 1. The van der Waals surface area contributed by atoms with E-state index in [1.165, 1.54) is 4.90 Å². The van der Waals surface area contributed by atoms with Crippen molar-refractivity contribution in [3.05, 3.63) is 0 Å². The molecule has 1 fully saturated rings. The van der Waals surface area contributed by atoms with Gasteiger partial charge in [-0.25, -0.2) is 0 Å². The molecule has 1 aliphatic rings. The summed E-state index contributed by atoms with van der Waals surface area (Å²) in [6.45, 7) is 2.41. The monoisotopic (exact) mass is 228 g/mol. The lowest BCUT2D eigenvalue weighted by molar-refractivity contribution is -0.142. The van der Waals surface area contributed by atoms with Crippen LogP contribution in [0.3, 0.4) is 0 Å². The van der Waals surface area contributed by atoms with E-state index in [2.05, 4.69) is 5.32 Å². The molecule has 2 N–H and O–H groups in total. The van der Waals surface area contributed by atoms with Crippen molar-refractivity contribution in [2.24, 2.45) is 5.92 Å². The Labute approximate surface area is 93.6 Å². The molecule has 1 aliphatic heterocycles. The van der Waals surface area contributed by atoms with Crippen molar-refractivity contribution in [2.45, 2.75) is 19.8 Å². The van der Waals surface area contributed by atoms with Crippen molar-refractivity contribution in [1.82, 2.24) is 10.2 Å². The largest absolute Gasteiger partial charge is 0.480 e. The van der Waals surface area contributed by atoms with Gasteiger partial charge in [-0.05, 0) is 6.42 Å². The summed E-state index contributed by atoms with van der Waals surface area (Å²) in [5, 5.41) is 11.3. The van der Waals surface area contributed by atoms with Gasteiger partial charge < -0.3 is 15.3 Å². The maximum absolute atomic E-state index is 11.5. The van der Waals surface area contributed by atoms with E-state index >= 15 is 0 Å². The van der Waals surface area contributed by atoms with Crippen LogP contribution in [0.4, 0.5) is 0 Å². The van der Waals surface area contributed by atoms with E-state index in [1.54, 1.807) is 0 Å². The molecule has 0 aliphatic carbocycles. The van der Waals surface area contributed by atoms with Gasteiger partial charge in [-0.3, -0.25) is 14.4 Å². The number of amides is 2. The van der Waals surface area contributed by atoms with E-state index in [-0.39, 0.29) is 31.3 Å². The van der Waals surface area contributed by atoms with E-state index < -0.39 is 11.9 Å². The van der Waals surface area contributed by atoms with Gasteiger partial charge in [0.05, 0.1) is 5.92 Å². The summed E-state index contributed by atoms with van der Waals surface area (Å²) in [6.07, 6.45) is 0.952. The lowest BCUT2D eigenvalue weighted by atomic mass is 10.1. The number of carbonyl (C=O) groups is 3. The van der Waals surface area contributed by atoms with Crippen LogP contribution in [0.2, 0.25) is 0 Å². The molecular formula is C10H16N2O4. The Kier molecular flexibility index (Phi) is 4.28. The zero-order valence-electron chi connectivity index (χ0n) is 9.23. The normalized spacial score (nSPS) is 19.9. The quantitative estimate of drug-likeness (QED) is 0.660. The maximum Gasteiger partial charge on any atom is 0.323 e. The van der Waals surface area contributed by atoms with E-state index in [9.17, 15) is 14.4 Å². The molecule has 1 heterocycles. The van der Waals surface area contributed by atoms with E-state index in [0.717, 1.165) is 6.42 Å². The molecule has 0 saturated carbocycles. The first-order valence-electron chi connectivity index (χ1n) is 5.31. The fourth-order valence-electron chi connectivity index (χ4n) is 1.66. The topological polar surface area (TPSA) is 86.7 Å². The van der Waals surface area contributed by atoms with Crippen LogP contribution in [-0.4, -0.2) is 47.4 Å². The van der Waals surface area contributed by atoms with Crippen molar-refractivity contribution in [2.75, 3.05) is 19.6 Å². The molecule has 0 bridgehead atoms. The molecule has 0 radical (unpaired) electrons. The summed E-state index contributed by atoms with van der Waals surface area (Å²) in [5.74, 6) is -1.89. The summed E-state index contributed by atoms with van der Waals surface area (Å²) < 4.78 is 0. The number of rotatable bonds is 5. The molecule has 1 atom stereocenters. The summed E-state index contributed by atoms with van der Waals surface area (Å²) in [7, 11) is 0. The van der Waals surface area contributed by atoms with Gasteiger partial charge in [-0.2, -0.15) is 0 Å². The average molecular weight is 228 g/mol. The van der Waals surface area contributed by atoms with E-state index in [0.29, 0.717) is 6.54 Å². The maximum atomic E-state index is 11.5. The molecule has 0 aromatic carbocycles. The third-order valence-corrected chi connectivity index (χ3v) is 2.46. The molecular weight excluding hydrogens is 212 g/mol. The third kappa shape index (κ3) is 3.22. The van der Waals surface area contributed by atoms with Gasteiger partial charge >= 0.3 is 5.97 Å². The second kappa shape index (κ2) is 5.48. The van der Waals surface area contributed by atoms with Crippen molar-refractivity contribution in [3.63, 3.8) is 0 Å². The minimum absolute atomic E-state index is 0.114. The zero-order chi connectivity index (χ0) is 12.1. The Hall–Kier alpha value is -1.59. The van der Waals surface area contributed by atoms with Gasteiger partial charge in [0.15, 0.2) is 0 Å². The molecule has 1 unspecified atom stereocenters. The highest BCUT2D eigenvalue weighted by Gasteiger charge is 2.34. The molecule has 0 spiro atoms. The Bertz CT molecular complexity index is 303. The Balaban J connectivity index is 2.46. The lowest BCUT2D eigenvalue weighted by Gasteiger charge is -2.13. The summed E-state index contributed by atoms with van der Waals surface area (Å²) in [6, 6.07) is 0. The number of aliphatic carboxylic acids is 1. The molecule has 6 heteroatoms. The van der Waals surface area contributed by atoms with Crippen LogP contribution in [0.15, 0.2) is 0 Å². The molecule has 1 saturated heterocycles. The number of hydrogen-bond acceptors (Lipinski definition) is 3. The highest BCUT2D eigenvalue weighted by Crippen LogP contribution is 2.17. The van der Waals surface area contributed by atoms with Gasteiger partial charge in [0.1, 0.15) is 6.54 Å². The van der Waals surface area contributed by atoms with Gasteiger partial charge in [0.2, 0.25) is 11.8 Å². The van der Waals surface area contributed by atoms with Crippen LogP contribution < -0.4 is 5.32 Å². The molecule has 90 valence electrons. The summed E-state index contributed by atoms with van der Waals surface area (Å²) in [5.41, 5.74) is 0. The van der Waals surface area contributed by atoms with Crippen molar-refractivity contribution in [3.8, 4) is 0 Å². The van der Waals surface area contributed by atoms with Crippen molar-refractivity contribution >= 4 is 17.8 Å². The number of carboxylic acids is 1. The second-order valence-electron chi connectivity index (χ2n) is 3.86. The smallest absolute Gasteiger partial charge is 0.323 e. The first kappa shape index (κ1) is 12.5. The predicted octanol–water partition coefficient (Wildman–Crippen LogP) is -0.554. The third-order valence-electron chi connectivity index (χ3n) is 2.46. The van der Waals surface area contributed by atoms with Crippen LogP contribution in [-0.2, 0) is 14.4 Å². The van der Waals surface area contributed by atoms with Crippen LogP contribution in [0.5, 0.6) is 0 Å². The Morgan fingerprint density at radius 3 is 2.81 bits per heavy atom. The van der Waals surface area contributed by atoms with Gasteiger partial charge in [0.25, 0.3) is 0 Å². The highest BCUT2D eigenvalue weighted by molar-refractivity contribution is 5.90. The number of carbonyl (C=O) groups excluding carboxylic acids is 2. The molecule has 16 heavy (non-hydrogen) atoms. The minimum atomic E-state index is -1.05. The number of likely N-dealkylation sites (tertiary alicyclic amines) is 1. The standard InChI is InChI=1S/C10H16N2O4/c1-2-3-11-10(16)7-4-8(13)12(5-7)6-9(14)15/h7H,2-6H2,1H3,(H,11,16)(H,14,15). The molecule has 0 aromatic heterocycles. The van der Waals surface area contributed by atoms with Crippen LogP contribution in [0, 0.1) is 5.92 Å². The summed E-state index contributed by atoms with van der Waals surface area (Å²) >= 11 is 0.